The van der Waals surface area contributed by atoms with Crippen molar-refractivity contribution in [3.63, 3.8) is 0 Å². The van der Waals surface area contributed by atoms with Gasteiger partial charge in [-0.15, -0.1) is 0 Å². The Morgan fingerprint density at radius 1 is 1.10 bits per heavy atom. The maximum absolute atomic E-state index is 13.7. The number of hydrogen-bond acceptors (Lipinski definition) is 4. The highest BCUT2D eigenvalue weighted by Gasteiger charge is 2.28. The van der Waals surface area contributed by atoms with E-state index in [-0.39, 0.29) is 24.2 Å². The molecular weight excluding hydrogens is 369 g/mol. The van der Waals surface area contributed by atoms with Gasteiger partial charge >= 0.3 is 0 Å². The minimum Gasteiger partial charge on any atom is -0.484 e. The molecule has 1 unspecified atom stereocenters. The van der Waals surface area contributed by atoms with Crippen LogP contribution in [-0.4, -0.2) is 40.5 Å². The molecule has 2 heterocycles. The number of benzene rings is 2. The molecule has 1 aliphatic rings. The van der Waals surface area contributed by atoms with E-state index in [0.717, 1.165) is 18.5 Å². The lowest BCUT2D eigenvalue weighted by Crippen LogP contribution is -2.41. The smallest absolute Gasteiger partial charge is 0.260 e. The molecular formula is C23H22FN3O2. The predicted octanol–water partition coefficient (Wildman–Crippen LogP) is 4.07. The van der Waals surface area contributed by atoms with Crippen molar-refractivity contribution in [2.24, 2.45) is 0 Å². The number of likely N-dealkylation sites (tertiary alicyclic amines) is 1. The molecule has 0 saturated carbocycles. The van der Waals surface area contributed by atoms with Crippen LogP contribution in [0.15, 0.2) is 67.0 Å². The first-order chi connectivity index (χ1) is 14.2. The van der Waals surface area contributed by atoms with Gasteiger partial charge in [-0.3, -0.25) is 14.8 Å². The second kappa shape index (κ2) is 8.82. The largest absolute Gasteiger partial charge is 0.484 e. The second-order valence-corrected chi connectivity index (χ2v) is 7.08. The Balaban J connectivity index is 1.48. The van der Waals surface area contributed by atoms with Crippen LogP contribution in [0.25, 0.3) is 11.3 Å². The molecule has 1 saturated heterocycles. The standard InChI is InChI=1S/C23H22FN3O2/c24-19-8-4-6-17(14-19)22-23(26-12-11-25-22)18-7-5-13-27(15-18)21(28)16-29-20-9-2-1-3-10-20/h1-4,6,8-12,14,18H,5,7,13,15-16H2. The van der Waals surface area contributed by atoms with Gasteiger partial charge in [0.1, 0.15) is 11.6 Å². The summed E-state index contributed by atoms with van der Waals surface area (Å²) in [7, 11) is 0. The lowest BCUT2D eigenvalue weighted by molar-refractivity contribution is -0.134. The Morgan fingerprint density at radius 3 is 2.76 bits per heavy atom. The van der Waals surface area contributed by atoms with Gasteiger partial charge < -0.3 is 9.64 Å². The van der Waals surface area contributed by atoms with Gasteiger partial charge in [0.25, 0.3) is 5.91 Å². The van der Waals surface area contributed by atoms with Gasteiger partial charge in [-0.05, 0) is 37.1 Å². The summed E-state index contributed by atoms with van der Waals surface area (Å²) in [6, 6.07) is 15.7. The maximum atomic E-state index is 13.7. The first-order valence-corrected chi connectivity index (χ1v) is 9.73. The number of amides is 1. The molecule has 3 aromatic rings. The van der Waals surface area contributed by atoms with Gasteiger partial charge in [0, 0.05) is 37.0 Å². The first-order valence-electron chi connectivity index (χ1n) is 9.73. The van der Waals surface area contributed by atoms with Crippen LogP contribution in [0.3, 0.4) is 0 Å². The predicted molar refractivity (Wildman–Crippen MR) is 108 cm³/mol. The number of carbonyl (C=O) groups is 1. The lowest BCUT2D eigenvalue weighted by Gasteiger charge is -2.33. The van der Waals surface area contributed by atoms with Crippen LogP contribution in [0.1, 0.15) is 24.5 Å². The summed E-state index contributed by atoms with van der Waals surface area (Å²) in [4.78, 5) is 23.5. The van der Waals surface area contributed by atoms with E-state index >= 15 is 0 Å². The highest BCUT2D eigenvalue weighted by atomic mass is 19.1. The number of hydrogen-bond donors (Lipinski definition) is 0. The van der Waals surface area contributed by atoms with Crippen molar-refractivity contribution in [2.45, 2.75) is 18.8 Å². The number of piperidine rings is 1. The molecule has 5 nitrogen and oxygen atoms in total. The Labute approximate surface area is 169 Å². The van der Waals surface area contributed by atoms with E-state index in [1.165, 1.54) is 12.1 Å². The summed E-state index contributed by atoms with van der Waals surface area (Å²) >= 11 is 0. The van der Waals surface area contributed by atoms with Gasteiger partial charge in [-0.1, -0.05) is 30.3 Å². The summed E-state index contributed by atoms with van der Waals surface area (Å²) in [6.07, 6.45) is 5.05. The Morgan fingerprint density at radius 2 is 1.93 bits per heavy atom. The molecule has 0 N–H and O–H groups in total. The average Bonchev–Trinajstić information content (AvgIpc) is 2.78. The summed E-state index contributed by atoms with van der Waals surface area (Å²) in [6.45, 7) is 1.26. The highest BCUT2D eigenvalue weighted by Crippen LogP contribution is 2.32. The highest BCUT2D eigenvalue weighted by molar-refractivity contribution is 5.78. The summed E-state index contributed by atoms with van der Waals surface area (Å²) in [5.74, 6) is 0.375. The fraction of sp³-hybridized carbons (Fsp3) is 0.261. The van der Waals surface area contributed by atoms with Gasteiger partial charge in [0.15, 0.2) is 6.61 Å². The number of ether oxygens (including phenoxy) is 1. The third-order valence-corrected chi connectivity index (χ3v) is 5.09. The van der Waals surface area contributed by atoms with Crippen LogP contribution in [-0.2, 0) is 4.79 Å². The summed E-state index contributed by atoms with van der Waals surface area (Å²) < 4.78 is 19.3. The molecule has 1 atom stereocenters. The SMILES string of the molecule is O=C(COc1ccccc1)N1CCCC(c2nccnc2-c2cccc(F)c2)C1. The molecule has 2 aromatic carbocycles. The fourth-order valence-electron chi connectivity index (χ4n) is 3.69. The molecule has 1 fully saturated rings. The third kappa shape index (κ3) is 4.59. The molecule has 6 heteroatoms. The lowest BCUT2D eigenvalue weighted by atomic mass is 9.91. The number of halogens is 1. The molecule has 0 radical (unpaired) electrons. The quantitative estimate of drug-likeness (QED) is 0.658. The van der Waals surface area contributed by atoms with E-state index in [2.05, 4.69) is 9.97 Å². The third-order valence-electron chi connectivity index (χ3n) is 5.09. The molecule has 0 bridgehead atoms. The molecule has 148 valence electrons. The van der Waals surface area contributed by atoms with Crippen molar-refractivity contribution < 1.29 is 13.9 Å². The minimum atomic E-state index is -0.308. The zero-order valence-electron chi connectivity index (χ0n) is 16.0. The van der Waals surface area contributed by atoms with Crippen molar-refractivity contribution in [1.29, 1.82) is 0 Å². The maximum Gasteiger partial charge on any atom is 0.260 e. The molecule has 1 aliphatic heterocycles. The Bertz CT molecular complexity index is 981. The van der Waals surface area contributed by atoms with E-state index in [0.29, 0.717) is 30.1 Å². The number of carbonyl (C=O) groups excluding carboxylic acids is 1. The molecule has 0 spiro atoms. The van der Waals surface area contributed by atoms with Crippen molar-refractivity contribution in [3.8, 4) is 17.0 Å². The van der Waals surface area contributed by atoms with Crippen LogP contribution in [0, 0.1) is 5.82 Å². The van der Waals surface area contributed by atoms with Crippen LogP contribution in [0.4, 0.5) is 4.39 Å². The number of aromatic nitrogens is 2. The topological polar surface area (TPSA) is 55.3 Å². The first kappa shape index (κ1) is 19.1. The van der Waals surface area contributed by atoms with Crippen molar-refractivity contribution in [3.05, 3.63) is 78.5 Å². The van der Waals surface area contributed by atoms with Crippen molar-refractivity contribution in [1.82, 2.24) is 14.9 Å². The monoisotopic (exact) mass is 391 g/mol. The number of para-hydroxylation sites is 1. The normalized spacial score (nSPS) is 16.4. The minimum absolute atomic E-state index is 0.00789. The number of nitrogens with zero attached hydrogens (tertiary/aromatic N) is 3. The van der Waals surface area contributed by atoms with E-state index in [1.807, 2.05) is 41.3 Å². The number of rotatable bonds is 5. The Hall–Kier alpha value is -3.28. The van der Waals surface area contributed by atoms with Gasteiger partial charge in [0.05, 0.1) is 11.4 Å². The molecule has 29 heavy (non-hydrogen) atoms. The van der Waals surface area contributed by atoms with Crippen molar-refractivity contribution >= 4 is 5.91 Å². The van der Waals surface area contributed by atoms with Crippen molar-refractivity contribution in [2.75, 3.05) is 19.7 Å². The van der Waals surface area contributed by atoms with Crippen LogP contribution >= 0.6 is 0 Å². The summed E-state index contributed by atoms with van der Waals surface area (Å²) in [5.41, 5.74) is 2.18. The molecule has 0 aliphatic carbocycles. The molecule has 1 amide bonds. The zero-order valence-corrected chi connectivity index (χ0v) is 16.0. The van der Waals surface area contributed by atoms with Gasteiger partial charge in [0.2, 0.25) is 0 Å². The molecule has 1 aromatic heterocycles. The Kier molecular flexibility index (Phi) is 5.79. The van der Waals surface area contributed by atoms with Crippen LogP contribution < -0.4 is 4.74 Å². The molecule has 4 rings (SSSR count). The fourth-order valence-corrected chi connectivity index (χ4v) is 3.69. The summed E-state index contributed by atoms with van der Waals surface area (Å²) in [5, 5.41) is 0. The van der Waals surface area contributed by atoms with E-state index in [4.69, 9.17) is 4.74 Å². The van der Waals surface area contributed by atoms with E-state index < -0.39 is 0 Å². The zero-order chi connectivity index (χ0) is 20.1. The van der Waals surface area contributed by atoms with Crippen LogP contribution in [0.2, 0.25) is 0 Å². The average molecular weight is 391 g/mol. The van der Waals surface area contributed by atoms with E-state index in [1.54, 1.807) is 18.5 Å². The van der Waals surface area contributed by atoms with E-state index in [9.17, 15) is 9.18 Å². The van der Waals surface area contributed by atoms with Gasteiger partial charge in [-0.2, -0.15) is 0 Å². The second-order valence-electron chi connectivity index (χ2n) is 7.08. The van der Waals surface area contributed by atoms with Gasteiger partial charge in [-0.25, -0.2) is 4.39 Å². The van der Waals surface area contributed by atoms with Crippen LogP contribution in [0.5, 0.6) is 5.75 Å².